The average molecular weight is 369 g/mol. The van der Waals surface area contributed by atoms with E-state index in [1.54, 1.807) is 11.8 Å². The summed E-state index contributed by atoms with van der Waals surface area (Å²) in [7, 11) is 0. The number of rotatable bonds is 6. The molecule has 1 N–H and O–H groups in total. The first kappa shape index (κ1) is 17.7. The van der Waals surface area contributed by atoms with Gasteiger partial charge in [0.05, 0.1) is 5.75 Å². The van der Waals surface area contributed by atoms with E-state index in [1.807, 2.05) is 0 Å². The van der Waals surface area contributed by atoms with Gasteiger partial charge in [0.15, 0.2) is 4.34 Å². The lowest BCUT2D eigenvalue weighted by molar-refractivity contribution is -0.120. The van der Waals surface area contributed by atoms with Gasteiger partial charge >= 0.3 is 0 Å². The van der Waals surface area contributed by atoms with Gasteiger partial charge in [-0.25, -0.2) is 0 Å². The Hall–Kier alpha value is -1.15. The van der Waals surface area contributed by atoms with Gasteiger partial charge in [-0.3, -0.25) is 14.5 Å². The molecule has 2 aliphatic carbocycles. The van der Waals surface area contributed by atoms with Crippen molar-refractivity contribution < 1.29 is 9.59 Å². The molecule has 2 aliphatic rings. The number of hydrogen-bond acceptors (Lipinski definition) is 6. The zero-order valence-electron chi connectivity index (χ0n) is 14.2. The van der Waals surface area contributed by atoms with Crippen molar-refractivity contribution in [3.05, 3.63) is 0 Å². The summed E-state index contributed by atoms with van der Waals surface area (Å²) in [5.41, 5.74) is 0. The summed E-state index contributed by atoms with van der Waals surface area (Å²) in [6.45, 7) is 3.77. The van der Waals surface area contributed by atoms with Crippen LogP contribution in [0, 0.1) is 5.92 Å². The molecule has 1 aromatic heterocycles. The fourth-order valence-corrected chi connectivity index (χ4v) is 4.91. The molecule has 6 nitrogen and oxygen atoms in total. The first-order chi connectivity index (χ1) is 11.5. The number of nitrogens with zero attached hydrogens (tertiary/aromatic N) is 3. The lowest BCUT2D eigenvalue weighted by Gasteiger charge is -2.29. The number of carbonyl (C=O) groups excluding carboxylic acids is 2. The number of nitrogens with one attached hydrogen (secondary N) is 1. The van der Waals surface area contributed by atoms with E-state index in [0.29, 0.717) is 22.8 Å². The monoisotopic (exact) mass is 368 g/mol. The second kappa shape index (κ2) is 7.82. The second-order valence-electron chi connectivity index (χ2n) is 6.70. The van der Waals surface area contributed by atoms with E-state index < -0.39 is 0 Å². The summed E-state index contributed by atoms with van der Waals surface area (Å²) in [5, 5.41) is 12.0. The van der Waals surface area contributed by atoms with Crippen LogP contribution < -0.4 is 10.2 Å². The zero-order valence-corrected chi connectivity index (χ0v) is 15.8. The van der Waals surface area contributed by atoms with Gasteiger partial charge in [-0.05, 0) is 31.6 Å². The van der Waals surface area contributed by atoms with Crippen LogP contribution in [0.4, 0.5) is 5.13 Å². The van der Waals surface area contributed by atoms with Crippen LogP contribution >= 0.6 is 23.1 Å². The molecule has 8 heteroatoms. The molecule has 2 fully saturated rings. The van der Waals surface area contributed by atoms with Gasteiger partial charge in [-0.1, -0.05) is 42.9 Å². The van der Waals surface area contributed by atoms with Crippen LogP contribution in [0.2, 0.25) is 0 Å². The van der Waals surface area contributed by atoms with Gasteiger partial charge in [0, 0.05) is 19.0 Å². The highest BCUT2D eigenvalue weighted by molar-refractivity contribution is 8.01. The van der Waals surface area contributed by atoms with E-state index >= 15 is 0 Å². The maximum Gasteiger partial charge on any atom is 0.230 e. The van der Waals surface area contributed by atoms with Crippen LogP contribution in [0.25, 0.3) is 0 Å². The van der Waals surface area contributed by atoms with Gasteiger partial charge in [0.25, 0.3) is 0 Å². The van der Waals surface area contributed by atoms with Gasteiger partial charge < -0.3 is 5.32 Å². The fraction of sp³-hybridized carbons (Fsp3) is 0.750. The Labute approximate surface area is 150 Å². The maximum atomic E-state index is 12.2. The van der Waals surface area contributed by atoms with E-state index in [-0.39, 0.29) is 17.9 Å². The average Bonchev–Trinajstić information content (AvgIpc) is 3.25. The summed E-state index contributed by atoms with van der Waals surface area (Å²) >= 11 is 2.79. The van der Waals surface area contributed by atoms with Gasteiger partial charge in [0.2, 0.25) is 16.9 Å². The normalized spacial score (nSPS) is 23.8. The Kier molecular flexibility index (Phi) is 5.76. The molecule has 132 valence electrons. The third-order valence-electron chi connectivity index (χ3n) is 4.64. The molecule has 0 aliphatic heterocycles. The Bertz CT molecular complexity index is 603. The lowest BCUT2D eigenvalue weighted by Crippen LogP contribution is -2.41. The quantitative estimate of drug-likeness (QED) is 0.617. The molecular weight excluding hydrogens is 344 g/mol. The summed E-state index contributed by atoms with van der Waals surface area (Å²) in [6.07, 6.45) is 6.80. The van der Waals surface area contributed by atoms with E-state index in [4.69, 9.17) is 0 Å². The number of carbonyl (C=O) groups is 2. The summed E-state index contributed by atoms with van der Waals surface area (Å²) in [5.74, 6) is 0.972. The van der Waals surface area contributed by atoms with E-state index in [1.165, 1.54) is 42.4 Å². The molecule has 1 heterocycles. The topological polar surface area (TPSA) is 75.2 Å². The number of anilines is 1. The molecule has 3 rings (SSSR count). The van der Waals surface area contributed by atoms with E-state index in [0.717, 1.165) is 23.6 Å². The van der Waals surface area contributed by atoms with Crippen LogP contribution in [-0.4, -0.2) is 39.8 Å². The first-order valence-electron chi connectivity index (χ1n) is 8.60. The van der Waals surface area contributed by atoms with Crippen molar-refractivity contribution in [1.29, 1.82) is 0 Å². The van der Waals surface area contributed by atoms with E-state index in [2.05, 4.69) is 22.4 Å². The largest absolute Gasteiger partial charge is 0.352 e. The third-order valence-corrected chi connectivity index (χ3v) is 6.69. The SMILES string of the molecule is CC(=O)N(c1nnc(SCC(=O)N[C@@H]2CCCC[C@@H]2C)s1)C1CC1. The van der Waals surface area contributed by atoms with E-state index in [9.17, 15) is 9.59 Å². The van der Waals surface area contributed by atoms with Crippen LogP contribution in [0.3, 0.4) is 0 Å². The van der Waals surface area contributed by atoms with Gasteiger partial charge in [-0.15, -0.1) is 10.2 Å². The van der Waals surface area contributed by atoms with Crippen molar-refractivity contribution in [2.24, 2.45) is 5.92 Å². The zero-order chi connectivity index (χ0) is 17.1. The van der Waals surface area contributed by atoms with Crippen LogP contribution in [-0.2, 0) is 9.59 Å². The van der Waals surface area contributed by atoms with Gasteiger partial charge in [-0.2, -0.15) is 0 Å². The molecule has 0 spiro atoms. The minimum Gasteiger partial charge on any atom is -0.352 e. The fourth-order valence-electron chi connectivity index (χ4n) is 3.15. The van der Waals surface area contributed by atoms with Crippen molar-refractivity contribution in [2.75, 3.05) is 10.7 Å². The Morgan fingerprint density at radius 1 is 1.25 bits per heavy atom. The van der Waals surface area contributed by atoms with Crippen LogP contribution in [0.5, 0.6) is 0 Å². The first-order valence-corrected chi connectivity index (χ1v) is 10.4. The predicted octanol–water partition coefficient (Wildman–Crippen LogP) is 2.84. The number of thioether (sulfide) groups is 1. The van der Waals surface area contributed by atoms with Crippen molar-refractivity contribution >= 4 is 40.0 Å². The number of amides is 2. The Balaban J connectivity index is 1.49. The van der Waals surface area contributed by atoms with Crippen molar-refractivity contribution in [2.45, 2.75) is 68.8 Å². The van der Waals surface area contributed by atoms with Crippen molar-refractivity contribution in [3.8, 4) is 0 Å². The smallest absolute Gasteiger partial charge is 0.230 e. The standard InChI is InChI=1S/C16H24N4O2S2/c1-10-5-3-4-6-13(10)17-14(22)9-23-16-19-18-15(24-16)20(11(2)21)12-7-8-12/h10,12-13H,3-9H2,1-2H3,(H,17,22)/t10-,13+/m0/s1. The molecule has 0 aromatic carbocycles. The summed E-state index contributed by atoms with van der Waals surface area (Å²) in [4.78, 5) is 25.6. The molecular formula is C16H24N4O2S2. The lowest BCUT2D eigenvalue weighted by atomic mass is 9.86. The highest BCUT2D eigenvalue weighted by Crippen LogP contribution is 2.35. The van der Waals surface area contributed by atoms with Crippen molar-refractivity contribution in [1.82, 2.24) is 15.5 Å². The second-order valence-corrected chi connectivity index (χ2v) is 8.87. The Morgan fingerprint density at radius 2 is 2.00 bits per heavy atom. The molecule has 0 saturated heterocycles. The molecule has 2 amide bonds. The number of hydrogen-bond donors (Lipinski definition) is 1. The minimum atomic E-state index is 0.00855. The molecule has 2 saturated carbocycles. The maximum absolute atomic E-state index is 12.2. The van der Waals surface area contributed by atoms with Gasteiger partial charge in [0.1, 0.15) is 0 Å². The third kappa shape index (κ3) is 4.47. The van der Waals surface area contributed by atoms with Crippen LogP contribution in [0.1, 0.15) is 52.4 Å². The molecule has 0 radical (unpaired) electrons. The van der Waals surface area contributed by atoms with Crippen LogP contribution in [0.15, 0.2) is 4.34 Å². The summed E-state index contributed by atoms with van der Waals surface area (Å²) < 4.78 is 0.740. The predicted molar refractivity (Wildman–Crippen MR) is 96.4 cm³/mol. The summed E-state index contributed by atoms with van der Waals surface area (Å²) in [6, 6.07) is 0.587. The molecule has 0 bridgehead atoms. The molecule has 24 heavy (non-hydrogen) atoms. The van der Waals surface area contributed by atoms with Crippen molar-refractivity contribution in [3.63, 3.8) is 0 Å². The number of aromatic nitrogens is 2. The highest BCUT2D eigenvalue weighted by atomic mass is 32.2. The molecule has 2 atom stereocenters. The molecule has 0 unspecified atom stereocenters. The highest BCUT2D eigenvalue weighted by Gasteiger charge is 2.34. The Morgan fingerprint density at radius 3 is 2.67 bits per heavy atom. The minimum absolute atomic E-state index is 0.00855. The molecule has 1 aromatic rings.